The van der Waals surface area contributed by atoms with Crippen molar-refractivity contribution in [2.45, 2.75) is 5.16 Å². The van der Waals surface area contributed by atoms with Gasteiger partial charge in [0.15, 0.2) is 5.16 Å². The molecule has 1 aromatic carbocycles. The van der Waals surface area contributed by atoms with Gasteiger partial charge in [-0.05, 0) is 19.7 Å². The van der Waals surface area contributed by atoms with E-state index in [2.05, 4.69) is 9.97 Å². The minimum Gasteiger partial charge on any atom is -0.493 e. The van der Waals surface area contributed by atoms with Gasteiger partial charge in [0.2, 0.25) is 5.88 Å². The Balaban J connectivity index is 2.24. The van der Waals surface area contributed by atoms with Crippen LogP contribution in [0, 0.1) is 0 Å². The zero-order valence-corrected chi connectivity index (χ0v) is 12.3. The van der Waals surface area contributed by atoms with Crippen molar-refractivity contribution in [2.24, 2.45) is 0 Å². The first-order chi connectivity index (χ1) is 9.58. The third-order valence-corrected chi connectivity index (χ3v) is 3.57. The van der Waals surface area contributed by atoms with E-state index in [0.29, 0.717) is 10.7 Å². The summed E-state index contributed by atoms with van der Waals surface area (Å²) < 4.78 is 0. The quantitative estimate of drug-likeness (QED) is 0.649. The molecule has 0 spiro atoms. The van der Waals surface area contributed by atoms with Crippen LogP contribution in [0.2, 0.25) is 0 Å². The van der Waals surface area contributed by atoms with Gasteiger partial charge in [0.1, 0.15) is 5.56 Å². The SMILES string of the molecule is CN(C)CCSc1nc(O)c(-c2ccccc2)c(=O)[nH]1. The van der Waals surface area contributed by atoms with Crippen molar-refractivity contribution >= 4 is 11.8 Å². The van der Waals surface area contributed by atoms with Crippen molar-refractivity contribution in [1.29, 1.82) is 0 Å². The number of aromatic nitrogens is 2. The van der Waals surface area contributed by atoms with Gasteiger partial charge in [-0.3, -0.25) is 4.79 Å². The van der Waals surface area contributed by atoms with Gasteiger partial charge >= 0.3 is 0 Å². The van der Waals surface area contributed by atoms with Crippen LogP contribution in [-0.4, -0.2) is 46.4 Å². The van der Waals surface area contributed by atoms with Crippen LogP contribution in [0.1, 0.15) is 0 Å². The van der Waals surface area contributed by atoms with E-state index in [-0.39, 0.29) is 17.0 Å². The Hall–Kier alpha value is -1.79. The van der Waals surface area contributed by atoms with Crippen LogP contribution in [0.25, 0.3) is 11.1 Å². The molecule has 0 aliphatic heterocycles. The molecular formula is C14H17N3O2S. The molecule has 0 radical (unpaired) electrons. The van der Waals surface area contributed by atoms with Gasteiger partial charge in [-0.25, -0.2) is 0 Å². The molecule has 0 saturated heterocycles. The van der Waals surface area contributed by atoms with E-state index in [1.54, 1.807) is 12.1 Å². The van der Waals surface area contributed by atoms with Gasteiger partial charge in [0.05, 0.1) is 0 Å². The number of hydrogen-bond acceptors (Lipinski definition) is 5. The highest BCUT2D eigenvalue weighted by atomic mass is 32.2. The van der Waals surface area contributed by atoms with Gasteiger partial charge in [-0.15, -0.1) is 0 Å². The fourth-order valence-electron chi connectivity index (χ4n) is 1.70. The monoisotopic (exact) mass is 291 g/mol. The number of hydrogen-bond donors (Lipinski definition) is 2. The number of thioether (sulfide) groups is 1. The van der Waals surface area contributed by atoms with Crippen molar-refractivity contribution in [3.63, 3.8) is 0 Å². The molecule has 20 heavy (non-hydrogen) atoms. The van der Waals surface area contributed by atoms with E-state index < -0.39 is 0 Å². The summed E-state index contributed by atoms with van der Waals surface area (Å²) in [7, 11) is 3.96. The maximum Gasteiger partial charge on any atom is 0.263 e. The maximum atomic E-state index is 12.1. The fourth-order valence-corrected chi connectivity index (χ4v) is 2.67. The lowest BCUT2D eigenvalue weighted by molar-refractivity contribution is 0.436. The van der Waals surface area contributed by atoms with E-state index in [1.807, 2.05) is 37.2 Å². The predicted molar refractivity (Wildman–Crippen MR) is 81.2 cm³/mol. The molecule has 0 aliphatic rings. The molecule has 1 heterocycles. The summed E-state index contributed by atoms with van der Waals surface area (Å²) in [6.45, 7) is 0.871. The fraction of sp³-hybridized carbons (Fsp3) is 0.286. The van der Waals surface area contributed by atoms with Crippen LogP contribution < -0.4 is 5.56 Å². The standard InChI is InChI=1S/C14H17N3O2S/c1-17(2)8-9-20-14-15-12(18)11(13(19)16-14)10-6-4-3-5-7-10/h3-7H,8-9H2,1-2H3,(H2,15,16,18,19). The highest BCUT2D eigenvalue weighted by Gasteiger charge is 2.12. The summed E-state index contributed by atoms with van der Waals surface area (Å²) in [6, 6.07) is 9.02. The molecule has 0 fully saturated rings. The van der Waals surface area contributed by atoms with Crippen LogP contribution in [-0.2, 0) is 0 Å². The number of H-pyrrole nitrogens is 1. The number of nitrogens with zero attached hydrogens (tertiary/aromatic N) is 2. The van der Waals surface area contributed by atoms with Crippen LogP contribution in [0.5, 0.6) is 5.88 Å². The first-order valence-corrected chi connectivity index (χ1v) is 7.22. The predicted octanol–water partition coefficient (Wildman–Crippen LogP) is 1.80. The lowest BCUT2D eigenvalue weighted by atomic mass is 10.1. The van der Waals surface area contributed by atoms with Crippen molar-refractivity contribution in [1.82, 2.24) is 14.9 Å². The second kappa shape index (κ2) is 6.58. The van der Waals surface area contributed by atoms with Crippen LogP contribution in [0.3, 0.4) is 0 Å². The maximum absolute atomic E-state index is 12.1. The normalized spacial score (nSPS) is 10.9. The van der Waals surface area contributed by atoms with E-state index >= 15 is 0 Å². The molecule has 2 aromatic rings. The molecule has 5 nitrogen and oxygen atoms in total. The molecule has 0 unspecified atom stereocenters. The van der Waals surface area contributed by atoms with Crippen LogP contribution in [0.4, 0.5) is 0 Å². The number of rotatable bonds is 5. The Kier molecular flexibility index (Phi) is 4.81. The number of benzene rings is 1. The lowest BCUT2D eigenvalue weighted by Gasteiger charge is -2.09. The topological polar surface area (TPSA) is 69.2 Å². The van der Waals surface area contributed by atoms with Gasteiger partial charge < -0.3 is 15.0 Å². The third kappa shape index (κ3) is 3.61. The molecule has 1 aromatic heterocycles. The molecule has 2 N–H and O–H groups in total. The average Bonchev–Trinajstić information content (AvgIpc) is 2.38. The molecule has 106 valence electrons. The van der Waals surface area contributed by atoms with Crippen molar-refractivity contribution in [2.75, 3.05) is 26.4 Å². The summed E-state index contributed by atoms with van der Waals surface area (Å²) in [4.78, 5) is 20.9. The zero-order valence-electron chi connectivity index (χ0n) is 11.5. The van der Waals surface area contributed by atoms with Gasteiger partial charge in [0, 0.05) is 12.3 Å². The Bertz CT molecular complexity index is 626. The van der Waals surface area contributed by atoms with Crippen molar-refractivity contribution in [3.8, 4) is 17.0 Å². The summed E-state index contributed by atoms with van der Waals surface area (Å²) in [5.74, 6) is 0.562. The average molecular weight is 291 g/mol. The highest BCUT2D eigenvalue weighted by Crippen LogP contribution is 2.24. The molecule has 2 rings (SSSR count). The Morgan fingerprint density at radius 3 is 2.60 bits per heavy atom. The molecule has 0 bridgehead atoms. The zero-order chi connectivity index (χ0) is 14.5. The van der Waals surface area contributed by atoms with Crippen LogP contribution >= 0.6 is 11.8 Å². The smallest absolute Gasteiger partial charge is 0.263 e. The minimum absolute atomic E-state index is 0.211. The van der Waals surface area contributed by atoms with Gasteiger partial charge in [-0.1, -0.05) is 42.1 Å². The Morgan fingerprint density at radius 1 is 1.30 bits per heavy atom. The third-order valence-electron chi connectivity index (χ3n) is 2.72. The summed E-state index contributed by atoms with van der Waals surface area (Å²) in [5.41, 5.74) is 0.544. The van der Waals surface area contributed by atoms with E-state index in [9.17, 15) is 9.90 Å². The first kappa shape index (κ1) is 14.6. The highest BCUT2D eigenvalue weighted by molar-refractivity contribution is 7.99. The van der Waals surface area contributed by atoms with Crippen molar-refractivity contribution in [3.05, 3.63) is 40.7 Å². The molecular weight excluding hydrogens is 274 g/mol. The second-order valence-electron chi connectivity index (χ2n) is 4.59. The molecule has 0 amide bonds. The van der Waals surface area contributed by atoms with Crippen LogP contribution in [0.15, 0.2) is 40.3 Å². The summed E-state index contributed by atoms with van der Waals surface area (Å²) >= 11 is 1.41. The van der Waals surface area contributed by atoms with Gasteiger partial charge in [-0.2, -0.15) is 4.98 Å². The molecule has 6 heteroatoms. The number of nitrogens with one attached hydrogen (secondary N) is 1. The molecule has 0 aliphatic carbocycles. The Labute approximate surface area is 121 Å². The summed E-state index contributed by atoms with van der Waals surface area (Å²) in [6.07, 6.45) is 0. The molecule has 0 atom stereocenters. The number of aromatic hydroxyl groups is 1. The van der Waals surface area contributed by atoms with E-state index in [1.165, 1.54) is 11.8 Å². The summed E-state index contributed by atoms with van der Waals surface area (Å²) in [5, 5.41) is 10.4. The lowest BCUT2D eigenvalue weighted by Crippen LogP contribution is -2.16. The largest absolute Gasteiger partial charge is 0.493 e. The van der Waals surface area contributed by atoms with E-state index in [0.717, 1.165) is 12.3 Å². The van der Waals surface area contributed by atoms with Gasteiger partial charge in [0.25, 0.3) is 5.56 Å². The number of aromatic amines is 1. The molecule has 0 saturated carbocycles. The minimum atomic E-state index is -0.323. The Morgan fingerprint density at radius 2 is 2.00 bits per heavy atom. The first-order valence-electron chi connectivity index (χ1n) is 6.24. The second-order valence-corrected chi connectivity index (χ2v) is 5.67. The van der Waals surface area contributed by atoms with Crippen molar-refractivity contribution < 1.29 is 5.11 Å². The van der Waals surface area contributed by atoms with E-state index in [4.69, 9.17) is 0 Å².